The number of hydrogen-bond acceptors (Lipinski definition) is 9. The van der Waals surface area contributed by atoms with Crippen LogP contribution >= 0.6 is 23.1 Å². The van der Waals surface area contributed by atoms with Crippen LogP contribution in [0.5, 0.6) is 0 Å². The number of aliphatic imine (C=N–C) groups is 2. The lowest BCUT2D eigenvalue weighted by molar-refractivity contribution is 0.591. The Hall–Kier alpha value is -2.40. The topological polar surface area (TPSA) is 208 Å². The number of aromatic nitrogens is 1. The highest BCUT2D eigenvalue weighted by Crippen LogP contribution is 2.21. The lowest BCUT2D eigenvalue weighted by Crippen LogP contribution is -2.41. The Labute approximate surface area is 188 Å². The molecule has 0 unspecified atom stereocenters. The lowest BCUT2D eigenvalue weighted by atomic mass is 10.4. The third-order valence-corrected chi connectivity index (χ3v) is 7.48. The molecule has 0 aliphatic carbocycles. The molecule has 8 N–H and O–H groups in total. The number of guanidine groups is 2. The van der Waals surface area contributed by atoms with Crippen molar-refractivity contribution in [1.82, 2.24) is 15.0 Å². The van der Waals surface area contributed by atoms with Gasteiger partial charge < -0.3 is 16.8 Å². The Kier molecular flexibility index (Phi) is 8.63. The van der Waals surface area contributed by atoms with Crippen molar-refractivity contribution in [2.75, 3.05) is 19.3 Å². The molecular weight excluding hydrogens is 484 g/mol. The first-order valence-corrected chi connectivity index (χ1v) is 13.6. The SMILES string of the molecule is CN=C(NCCSCc1csc(N=C(N)N)n1)NS(=O)(=O)c1cccc(S(N)(=O)=O)c1. The summed E-state index contributed by atoms with van der Waals surface area (Å²) in [6.07, 6.45) is 0. The molecule has 1 heterocycles. The van der Waals surface area contributed by atoms with Crippen LogP contribution in [0.4, 0.5) is 5.13 Å². The Morgan fingerprint density at radius 3 is 2.58 bits per heavy atom. The predicted molar refractivity (Wildman–Crippen MR) is 123 cm³/mol. The molecule has 12 nitrogen and oxygen atoms in total. The van der Waals surface area contributed by atoms with Crippen molar-refractivity contribution >= 4 is 60.2 Å². The quantitative estimate of drug-likeness (QED) is 0.168. The Balaban J connectivity index is 1.87. The van der Waals surface area contributed by atoms with Crippen LogP contribution in [0.15, 0.2) is 49.4 Å². The maximum Gasteiger partial charge on any atom is 0.264 e. The maximum atomic E-state index is 12.5. The van der Waals surface area contributed by atoms with Crippen LogP contribution in [-0.2, 0) is 25.8 Å². The number of benzene rings is 1. The molecule has 0 saturated heterocycles. The van der Waals surface area contributed by atoms with Gasteiger partial charge in [0.25, 0.3) is 10.0 Å². The fraction of sp³-hybridized carbons (Fsp3) is 0.267. The van der Waals surface area contributed by atoms with E-state index in [1.54, 1.807) is 11.8 Å². The Bertz CT molecular complexity index is 1170. The molecule has 0 amide bonds. The van der Waals surface area contributed by atoms with Crippen LogP contribution in [0.1, 0.15) is 5.69 Å². The van der Waals surface area contributed by atoms with E-state index < -0.39 is 20.0 Å². The minimum atomic E-state index is -4.06. The Morgan fingerprint density at radius 2 is 1.94 bits per heavy atom. The average Bonchev–Trinajstić information content (AvgIpc) is 3.12. The van der Waals surface area contributed by atoms with Gasteiger partial charge in [-0.1, -0.05) is 6.07 Å². The molecule has 0 spiro atoms. The number of thiazole rings is 1. The van der Waals surface area contributed by atoms with E-state index in [4.69, 9.17) is 16.6 Å². The van der Waals surface area contributed by atoms with E-state index in [1.165, 1.54) is 36.6 Å². The van der Waals surface area contributed by atoms with Crippen LogP contribution in [0.25, 0.3) is 0 Å². The van der Waals surface area contributed by atoms with Gasteiger partial charge >= 0.3 is 0 Å². The number of nitrogens with two attached hydrogens (primary N) is 3. The van der Waals surface area contributed by atoms with Gasteiger partial charge in [0.05, 0.1) is 15.5 Å². The van der Waals surface area contributed by atoms with Gasteiger partial charge in [0.15, 0.2) is 5.96 Å². The molecule has 0 atom stereocenters. The smallest absolute Gasteiger partial charge is 0.264 e. The first-order chi connectivity index (χ1) is 14.5. The molecule has 1 aromatic carbocycles. The third-order valence-electron chi connectivity index (χ3n) is 3.45. The normalized spacial score (nSPS) is 12.4. The lowest BCUT2D eigenvalue weighted by Gasteiger charge is -2.12. The largest absolute Gasteiger partial charge is 0.370 e. The molecule has 1 aromatic heterocycles. The Morgan fingerprint density at radius 1 is 1.23 bits per heavy atom. The molecule has 0 aliphatic rings. The van der Waals surface area contributed by atoms with Gasteiger partial charge in [-0.2, -0.15) is 16.8 Å². The zero-order valence-electron chi connectivity index (χ0n) is 16.3. The fourth-order valence-electron chi connectivity index (χ4n) is 2.11. The van der Waals surface area contributed by atoms with Gasteiger partial charge in [-0.25, -0.2) is 31.7 Å². The summed E-state index contributed by atoms with van der Waals surface area (Å²) >= 11 is 2.90. The van der Waals surface area contributed by atoms with E-state index in [9.17, 15) is 16.8 Å². The molecule has 16 heteroatoms. The highest BCUT2D eigenvalue weighted by molar-refractivity contribution is 7.98. The van der Waals surface area contributed by atoms with Gasteiger partial charge in [-0.3, -0.25) is 4.99 Å². The average molecular weight is 507 g/mol. The van der Waals surface area contributed by atoms with Crippen LogP contribution in [0.2, 0.25) is 0 Å². The predicted octanol–water partition coefficient (Wildman–Crippen LogP) is -0.517. The first-order valence-electron chi connectivity index (χ1n) is 8.49. The number of nitrogens with zero attached hydrogens (tertiary/aromatic N) is 3. The van der Waals surface area contributed by atoms with E-state index >= 15 is 0 Å². The zero-order chi connectivity index (χ0) is 23.1. The van der Waals surface area contributed by atoms with Gasteiger partial charge in [-0.15, -0.1) is 11.3 Å². The van der Waals surface area contributed by atoms with Gasteiger partial charge in [0.1, 0.15) is 0 Å². The summed E-state index contributed by atoms with van der Waals surface area (Å²) in [6, 6.07) is 4.73. The van der Waals surface area contributed by atoms with E-state index in [-0.39, 0.29) is 21.7 Å². The van der Waals surface area contributed by atoms with Gasteiger partial charge in [-0.05, 0) is 18.2 Å². The summed E-state index contributed by atoms with van der Waals surface area (Å²) in [5.74, 6) is 1.23. The number of nitrogens with one attached hydrogen (secondary N) is 2. The summed E-state index contributed by atoms with van der Waals surface area (Å²) in [5, 5.41) is 10.3. The summed E-state index contributed by atoms with van der Waals surface area (Å²) in [6.45, 7) is 0.419. The molecular formula is C15H22N8O4S4. The van der Waals surface area contributed by atoms with Crippen molar-refractivity contribution in [2.45, 2.75) is 15.5 Å². The van der Waals surface area contributed by atoms with E-state index in [1.807, 2.05) is 5.38 Å². The summed E-state index contributed by atoms with van der Waals surface area (Å²) in [7, 11) is -6.68. The van der Waals surface area contributed by atoms with Crippen LogP contribution in [0.3, 0.4) is 0 Å². The van der Waals surface area contributed by atoms with Crippen LogP contribution < -0.4 is 26.6 Å². The molecule has 2 aromatic rings. The third kappa shape index (κ3) is 7.98. The number of sulfonamides is 2. The van der Waals surface area contributed by atoms with Crippen molar-refractivity contribution in [3.63, 3.8) is 0 Å². The number of thioether (sulfide) groups is 1. The van der Waals surface area contributed by atoms with E-state index in [0.717, 1.165) is 11.8 Å². The first kappa shape index (κ1) is 24.9. The molecule has 31 heavy (non-hydrogen) atoms. The molecule has 0 bridgehead atoms. The van der Waals surface area contributed by atoms with E-state index in [0.29, 0.717) is 23.2 Å². The number of rotatable bonds is 9. The van der Waals surface area contributed by atoms with Crippen molar-refractivity contribution in [1.29, 1.82) is 0 Å². The van der Waals surface area contributed by atoms with E-state index in [2.05, 4.69) is 25.0 Å². The molecule has 0 saturated carbocycles. The second-order valence-electron chi connectivity index (χ2n) is 5.84. The van der Waals surface area contributed by atoms with Crippen molar-refractivity contribution in [3.05, 3.63) is 35.3 Å². The van der Waals surface area contributed by atoms with Gasteiger partial charge in [0, 0.05) is 30.5 Å². The van der Waals surface area contributed by atoms with Crippen LogP contribution in [-0.4, -0.2) is 53.1 Å². The second-order valence-corrected chi connectivity index (χ2v) is 11.0. The fourth-order valence-corrected chi connectivity index (χ4v) is 5.38. The minimum Gasteiger partial charge on any atom is -0.370 e. The second kappa shape index (κ2) is 10.8. The highest BCUT2D eigenvalue weighted by Gasteiger charge is 2.19. The summed E-state index contributed by atoms with van der Waals surface area (Å²) < 4.78 is 50.2. The van der Waals surface area contributed by atoms with Gasteiger partial charge in [0.2, 0.25) is 21.1 Å². The van der Waals surface area contributed by atoms with Crippen molar-refractivity contribution < 1.29 is 16.8 Å². The summed E-state index contributed by atoms with van der Waals surface area (Å²) in [4.78, 5) is 11.5. The minimum absolute atomic E-state index is 0.0188. The number of hydrogen-bond donors (Lipinski definition) is 5. The summed E-state index contributed by atoms with van der Waals surface area (Å²) in [5.41, 5.74) is 11.5. The number of primary sulfonamides is 1. The standard InChI is InChI=1S/C15H22N8O4S4/c1-19-14(20-5-6-28-8-10-9-29-15(21-10)22-13(16)17)23-31(26,27)12-4-2-3-11(7-12)30(18,24)25/h2-4,7,9H,5-6,8H2,1H3,(H2,18,24,25)(H2,19,20,23)(H4,16,17,21,22). The highest BCUT2D eigenvalue weighted by atomic mass is 32.2. The molecule has 0 fully saturated rings. The van der Waals surface area contributed by atoms with Crippen LogP contribution in [0, 0.1) is 0 Å². The monoisotopic (exact) mass is 506 g/mol. The molecule has 170 valence electrons. The molecule has 2 rings (SSSR count). The zero-order valence-corrected chi connectivity index (χ0v) is 19.6. The molecule has 0 radical (unpaired) electrons. The van der Waals surface area contributed by atoms with Crippen molar-refractivity contribution in [3.8, 4) is 0 Å². The maximum absolute atomic E-state index is 12.5. The molecule has 0 aliphatic heterocycles. The van der Waals surface area contributed by atoms with Crippen molar-refractivity contribution in [2.24, 2.45) is 26.6 Å².